The van der Waals surface area contributed by atoms with Gasteiger partial charge in [0.2, 0.25) is 0 Å². The summed E-state index contributed by atoms with van der Waals surface area (Å²) in [5, 5.41) is 1.16. The number of thioether (sulfide) groups is 1. The normalized spacial score (nSPS) is 14.7. The molecule has 0 spiro atoms. The zero-order valence-corrected chi connectivity index (χ0v) is 21.0. The maximum Gasteiger partial charge on any atom is 0.293 e. The molecule has 1 aliphatic rings. The van der Waals surface area contributed by atoms with Gasteiger partial charge in [0.1, 0.15) is 6.61 Å². The molecule has 1 heterocycles. The molecule has 9 heteroatoms. The number of hydrogen-bond acceptors (Lipinski definition) is 5. The first-order valence-corrected chi connectivity index (χ1v) is 12.0. The molecule has 0 aromatic heterocycles. The number of amides is 2. The number of carbonyl (C=O) groups is 2. The Labute approximate surface area is 216 Å². The van der Waals surface area contributed by atoms with Gasteiger partial charge in [-0.15, -0.1) is 0 Å². The van der Waals surface area contributed by atoms with E-state index in [0.29, 0.717) is 49.2 Å². The van der Waals surface area contributed by atoms with Gasteiger partial charge in [0, 0.05) is 15.1 Å². The average molecular weight is 535 g/mol. The fraction of sp³-hybridized carbons (Fsp3) is 0.120. The molecule has 1 saturated heterocycles. The van der Waals surface area contributed by atoms with Gasteiger partial charge in [0.05, 0.1) is 18.6 Å². The molecule has 0 bridgehead atoms. The van der Waals surface area contributed by atoms with Gasteiger partial charge in [-0.05, 0) is 70.9 Å². The molecule has 34 heavy (non-hydrogen) atoms. The quantitative estimate of drug-likeness (QED) is 0.294. The third-order valence-corrected chi connectivity index (χ3v) is 6.76. The standard InChI is InChI=1S/C25H18Cl3NO4S/c1-32-21-9-4-16(10-22(21)33-14-15-2-6-18(26)7-3-15)11-23-24(30)29(25(31)34-23)13-17-5-8-19(27)12-20(17)28/h2-12H,13-14H2,1H3/b23-11-. The van der Waals surface area contributed by atoms with Crippen molar-refractivity contribution < 1.29 is 19.1 Å². The molecule has 3 aromatic carbocycles. The van der Waals surface area contributed by atoms with Crippen LogP contribution >= 0.6 is 46.6 Å². The summed E-state index contributed by atoms with van der Waals surface area (Å²) < 4.78 is 11.3. The van der Waals surface area contributed by atoms with Crippen molar-refractivity contribution in [3.05, 3.63) is 97.3 Å². The molecule has 1 aliphatic heterocycles. The lowest BCUT2D eigenvalue weighted by atomic mass is 10.1. The van der Waals surface area contributed by atoms with Gasteiger partial charge in [-0.3, -0.25) is 14.5 Å². The SMILES string of the molecule is COc1ccc(/C=C2\SC(=O)N(Cc3ccc(Cl)cc3Cl)C2=O)cc1OCc1ccc(Cl)cc1. The first kappa shape index (κ1) is 24.5. The molecule has 1 fully saturated rings. The number of nitrogens with zero attached hydrogens (tertiary/aromatic N) is 1. The van der Waals surface area contributed by atoms with E-state index in [9.17, 15) is 9.59 Å². The van der Waals surface area contributed by atoms with Crippen LogP contribution in [0.4, 0.5) is 4.79 Å². The van der Waals surface area contributed by atoms with Gasteiger partial charge in [-0.25, -0.2) is 0 Å². The predicted molar refractivity (Wildman–Crippen MR) is 137 cm³/mol. The molecule has 0 radical (unpaired) electrons. The highest BCUT2D eigenvalue weighted by atomic mass is 35.5. The highest BCUT2D eigenvalue weighted by Gasteiger charge is 2.35. The lowest BCUT2D eigenvalue weighted by molar-refractivity contribution is -0.123. The van der Waals surface area contributed by atoms with Crippen LogP contribution in [0, 0.1) is 0 Å². The Morgan fingerprint density at radius 3 is 2.35 bits per heavy atom. The van der Waals surface area contributed by atoms with Gasteiger partial charge in [0.15, 0.2) is 11.5 Å². The Morgan fingerprint density at radius 1 is 0.912 bits per heavy atom. The molecule has 2 amide bonds. The molecular formula is C25H18Cl3NO4S. The van der Waals surface area contributed by atoms with Crippen LogP contribution in [-0.2, 0) is 17.9 Å². The van der Waals surface area contributed by atoms with Crippen molar-refractivity contribution in [3.8, 4) is 11.5 Å². The summed E-state index contributed by atoms with van der Waals surface area (Å²) in [6.07, 6.45) is 1.66. The van der Waals surface area contributed by atoms with Crippen LogP contribution in [0.15, 0.2) is 65.6 Å². The lowest BCUT2D eigenvalue weighted by Gasteiger charge is -2.14. The topological polar surface area (TPSA) is 55.8 Å². The van der Waals surface area contributed by atoms with Gasteiger partial charge < -0.3 is 9.47 Å². The van der Waals surface area contributed by atoms with Crippen molar-refractivity contribution in [2.75, 3.05) is 7.11 Å². The molecule has 0 aliphatic carbocycles. The maximum absolute atomic E-state index is 12.9. The van der Waals surface area contributed by atoms with Crippen molar-refractivity contribution in [1.82, 2.24) is 4.90 Å². The smallest absolute Gasteiger partial charge is 0.293 e. The molecule has 4 rings (SSSR count). The fourth-order valence-corrected chi connectivity index (χ4v) is 4.68. The van der Waals surface area contributed by atoms with E-state index in [0.717, 1.165) is 22.2 Å². The number of hydrogen-bond donors (Lipinski definition) is 0. The van der Waals surface area contributed by atoms with Gasteiger partial charge in [0.25, 0.3) is 11.1 Å². The molecule has 0 saturated carbocycles. The van der Waals surface area contributed by atoms with Crippen LogP contribution < -0.4 is 9.47 Å². The first-order valence-electron chi connectivity index (χ1n) is 10.1. The number of carbonyl (C=O) groups excluding carboxylic acids is 2. The van der Waals surface area contributed by atoms with Crippen LogP contribution in [0.5, 0.6) is 11.5 Å². The van der Waals surface area contributed by atoms with Crippen molar-refractivity contribution >= 4 is 63.8 Å². The summed E-state index contributed by atoms with van der Waals surface area (Å²) in [4.78, 5) is 26.9. The number of benzene rings is 3. The van der Waals surface area contributed by atoms with Crippen LogP contribution in [0.2, 0.25) is 15.1 Å². The Bertz CT molecular complexity index is 1280. The minimum Gasteiger partial charge on any atom is -0.493 e. The van der Waals surface area contributed by atoms with E-state index < -0.39 is 0 Å². The van der Waals surface area contributed by atoms with Crippen molar-refractivity contribution in [2.24, 2.45) is 0 Å². The zero-order valence-electron chi connectivity index (χ0n) is 17.9. The van der Waals surface area contributed by atoms with Crippen molar-refractivity contribution in [2.45, 2.75) is 13.2 Å². The first-order chi connectivity index (χ1) is 16.3. The summed E-state index contributed by atoms with van der Waals surface area (Å²) in [6.45, 7) is 0.380. The van der Waals surface area contributed by atoms with E-state index in [4.69, 9.17) is 44.3 Å². The average Bonchev–Trinajstić information content (AvgIpc) is 3.07. The Kier molecular flexibility index (Phi) is 7.73. The van der Waals surface area contributed by atoms with E-state index in [1.54, 1.807) is 61.7 Å². The number of halogens is 3. The van der Waals surface area contributed by atoms with Gasteiger partial charge >= 0.3 is 0 Å². The summed E-state index contributed by atoms with van der Waals surface area (Å²) in [5.41, 5.74) is 2.28. The molecule has 3 aromatic rings. The van der Waals surface area contributed by atoms with Crippen LogP contribution in [0.25, 0.3) is 6.08 Å². The highest BCUT2D eigenvalue weighted by Crippen LogP contribution is 2.36. The highest BCUT2D eigenvalue weighted by molar-refractivity contribution is 8.18. The van der Waals surface area contributed by atoms with Crippen LogP contribution in [0.1, 0.15) is 16.7 Å². The number of imide groups is 1. The van der Waals surface area contributed by atoms with Gasteiger partial charge in [-0.2, -0.15) is 0 Å². The summed E-state index contributed by atoms with van der Waals surface area (Å²) in [7, 11) is 1.55. The third kappa shape index (κ3) is 5.70. The largest absolute Gasteiger partial charge is 0.493 e. The third-order valence-electron chi connectivity index (χ3n) is 5.01. The fourth-order valence-electron chi connectivity index (χ4n) is 3.25. The van der Waals surface area contributed by atoms with Crippen LogP contribution in [0.3, 0.4) is 0 Å². The molecule has 5 nitrogen and oxygen atoms in total. The van der Waals surface area contributed by atoms with Crippen molar-refractivity contribution in [3.63, 3.8) is 0 Å². The predicted octanol–water partition coefficient (Wildman–Crippen LogP) is 7.47. The zero-order chi connectivity index (χ0) is 24.2. The second-order valence-electron chi connectivity index (χ2n) is 7.33. The second-order valence-corrected chi connectivity index (χ2v) is 9.60. The summed E-state index contributed by atoms with van der Waals surface area (Å²) >= 11 is 19.0. The van der Waals surface area contributed by atoms with E-state index >= 15 is 0 Å². The number of ether oxygens (including phenoxy) is 2. The number of rotatable bonds is 7. The molecule has 0 unspecified atom stereocenters. The minimum absolute atomic E-state index is 0.0656. The minimum atomic E-state index is -0.388. The van der Waals surface area contributed by atoms with E-state index in [1.807, 2.05) is 12.1 Å². The van der Waals surface area contributed by atoms with Gasteiger partial charge in [-0.1, -0.05) is 59.1 Å². The molecule has 0 N–H and O–H groups in total. The monoisotopic (exact) mass is 533 g/mol. The number of methoxy groups -OCH3 is 1. The van der Waals surface area contributed by atoms with E-state index in [2.05, 4.69) is 0 Å². The second kappa shape index (κ2) is 10.7. The Morgan fingerprint density at radius 2 is 1.65 bits per heavy atom. The molecular weight excluding hydrogens is 517 g/mol. The maximum atomic E-state index is 12.9. The van der Waals surface area contributed by atoms with E-state index in [-0.39, 0.29) is 17.7 Å². The summed E-state index contributed by atoms with van der Waals surface area (Å²) in [6, 6.07) is 17.6. The Balaban J connectivity index is 1.52. The summed E-state index contributed by atoms with van der Waals surface area (Å²) in [5.74, 6) is 0.676. The Hall–Kier alpha value is -2.64. The van der Waals surface area contributed by atoms with Crippen molar-refractivity contribution in [1.29, 1.82) is 0 Å². The van der Waals surface area contributed by atoms with E-state index in [1.165, 1.54) is 0 Å². The lowest BCUT2D eigenvalue weighted by Crippen LogP contribution is -2.27. The molecule has 174 valence electrons. The molecule has 0 atom stereocenters. The van der Waals surface area contributed by atoms with Crippen LogP contribution in [-0.4, -0.2) is 23.2 Å².